The largest absolute Gasteiger partial charge is 0.481 e. The van der Waals surface area contributed by atoms with Crippen molar-refractivity contribution >= 4 is 5.97 Å². The molecule has 0 radical (unpaired) electrons. The Kier molecular flexibility index (Phi) is 8.64. The summed E-state index contributed by atoms with van der Waals surface area (Å²) in [5, 5.41) is 16.0. The molecule has 1 saturated carbocycles. The predicted molar refractivity (Wildman–Crippen MR) is 56.2 cm³/mol. The third kappa shape index (κ3) is 9.52. The molecule has 0 atom stereocenters. The zero-order chi connectivity index (χ0) is 10.8. The molecule has 0 amide bonds. The highest BCUT2D eigenvalue weighted by Crippen LogP contribution is 2.26. The fourth-order valence-electron chi connectivity index (χ4n) is 1.86. The lowest BCUT2D eigenvalue weighted by molar-refractivity contribution is -0.134. The molecule has 0 aromatic heterocycles. The van der Waals surface area contributed by atoms with E-state index < -0.39 is 5.97 Å². The zero-order valence-corrected chi connectivity index (χ0v) is 9.04. The first-order valence-corrected chi connectivity index (χ1v) is 5.47. The number of hydrogen-bond acceptors (Lipinski definition) is 2. The van der Waals surface area contributed by atoms with Crippen LogP contribution >= 0.6 is 0 Å². The highest BCUT2D eigenvalue weighted by Gasteiger charge is 2.11. The van der Waals surface area contributed by atoms with Gasteiger partial charge in [0.2, 0.25) is 0 Å². The molecule has 1 aliphatic carbocycles. The van der Waals surface area contributed by atoms with E-state index in [4.69, 9.17) is 15.0 Å². The van der Waals surface area contributed by atoms with E-state index in [9.17, 15) is 0 Å². The van der Waals surface area contributed by atoms with Crippen molar-refractivity contribution in [3.05, 3.63) is 0 Å². The number of aliphatic hydroxyl groups excluding tert-OH is 1. The maximum atomic E-state index is 9.00. The van der Waals surface area contributed by atoms with Gasteiger partial charge in [-0.15, -0.1) is 0 Å². The van der Waals surface area contributed by atoms with E-state index in [2.05, 4.69) is 0 Å². The third-order valence-corrected chi connectivity index (χ3v) is 2.50. The summed E-state index contributed by atoms with van der Waals surface area (Å²) in [6, 6.07) is 0. The van der Waals surface area contributed by atoms with Gasteiger partial charge in [-0.2, -0.15) is 0 Å². The Hall–Kier alpha value is -0.570. The van der Waals surface area contributed by atoms with E-state index in [-0.39, 0.29) is 0 Å². The van der Waals surface area contributed by atoms with Gasteiger partial charge in [-0.25, -0.2) is 0 Å². The minimum atomic E-state index is -0.833. The number of aliphatic hydroxyl groups is 1. The van der Waals surface area contributed by atoms with Crippen LogP contribution in [0.1, 0.15) is 51.9 Å². The monoisotopic (exact) mass is 202 g/mol. The van der Waals surface area contributed by atoms with Crippen molar-refractivity contribution in [3.8, 4) is 0 Å². The standard InChI is InChI=1S/C9H18O.C2H4O2/c10-8-4-7-9-5-2-1-3-6-9;1-2(3)4/h9-10H,1-8H2;1H3,(H,3,4). The normalized spacial score (nSPS) is 17.0. The van der Waals surface area contributed by atoms with Gasteiger partial charge in [0.25, 0.3) is 5.97 Å². The quantitative estimate of drug-likeness (QED) is 0.739. The summed E-state index contributed by atoms with van der Waals surface area (Å²) in [5.74, 6) is 0.112. The summed E-state index contributed by atoms with van der Waals surface area (Å²) in [5.41, 5.74) is 0. The molecule has 0 heterocycles. The summed E-state index contributed by atoms with van der Waals surface area (Å²) in [4.78, 5) is 9.00. The molecule has 84 valence electrons. The van der Waals surface area contributed by atoms with Gasteiger partial charge in [0.05, 0.1) is 0 Å². The predicted octanol–water partition coefficient (Wildman–Crippen LogP) is 2.43. The first kappa shape index (κ1) is 13.4. The van der Waals surface area contributed by atoms with Crippen molar-refractivity contribution in [1.29, 1.82) is 0 Å². The lowest BCUT2D eigenvalue weighted by atomic mass is 9.86. The molecule has 0 saturated heterocycles. The van der Waals surface area contributed by atoms with Crippen LogP contribution < -0.4 is 0 Å². The molecule has 0 bridgehead atoms. The molecule has 3 nitrogen and oxygen atoms in total. The number of carboxylic acid groups (broad SMARTS) is 1. The van der Waals surface area contributed by atoms with E-state index in [1.807, 2.05) is 0 Å². The topological polar surface area (TPSA) is 57.5 Å². The van der Waals surface area contributed by atoms with Gasteiger partial charge >= 0.3 is 0 Å². The van der Waals surface area contributed by atoms with Crippen LogP contribution in [0.5, 0.6) is 0 Å². The molecule has 14 heavy (non-hydrogen) atoms. The molecule has 1 fully saturated rings. The maximum absolute atomic E-state index is 9.00. The van der Waals surface area contributed by atoms with Crippen LogP contribution in [0.4, 0.5) is 0 Å². The number of hydrogen-bond donors (Lipinski definition) is 2. The van der Waals surface area contributed by atoms with Crippen molar-refractivity contribution < 1.29 is 15.0 Å². The Morgan fingerprint density at radius 1 is 1.29 bits per heavy atom. The second-order valence-corrected chi connectivity index (χ2v) is 3.89. The van der Waals surface area contributed by atoms with Crippen molar-refractivity contribution in [2.24, 2.45) is 5.92 Å². The van der Waals surface area contributed by atoms with E-state index in [0.29, 0.717) is 6.61 Å². The first-order valence-electron chi connectivity index (χ1n) is 5.47. The summed E-state index contributed by atoms with van der Waals surface area (Å²) >= 11 is 0. The average Bonchev–Trinajstić information content (AvgIpc) is 2.15. The van der Waals surface area contributed by atoms with E-state index in [1.165, 1.54) is 38.5 Å². The molecule has 0 aromatic carbocycles. The molecule has 0 aliphatic heterocycles. The molecule has 3 heteroatoms. The van der Waals surface area contributed by atoms with Crippen molar-refractivity contribution in [3.63, 3.8) is 0 Å². The van der Waals surface area contributed by atoms with Gasteiger partial charge in [0.15, 0.2) is 0 Å². The molecule has 2 N–H and O–H groups in total. The van der Waals surface area contributed by atoms with Crippen LogP contribution in [-0.4, -0.2) is 22.8 Å². The molecule has 0 spiro atoms. The lowest BCUT2D eigenvalue weighted by Gasteiger charge is -2.20. The van der Waals surface area contributed by atoms with Crippen molar-refractivity contribution in [1.82, 2.24) is 0 Å². The first-order chi connectivity index (χ1) is 6.66. The van der Waals surface area contributed by atoms with Crippen LogP contribution in [0.3, 0.4) is 0 Å². The van der Waals surface area contributed by atoms with Gasteiger partial charge in [0.1, 0.15) is 0 Å². The summed E-state index contributed by atoms with van der Waals surface area (Å²) in [6.45, 7) is 1.47. The fourth-order valence-corrected chi connectivity index (χ4v) is 1.86. The van der Waals surface area contributed by atoms with Crippen LogP contribution in [0.2, 0.25) is 0 Å². The van der Waals surface area contributed by atoms with Gasteiger partial charge in [-0.3, -0.25) is 4.79 Å². The summed E-state index contributed by atoms with van der Waals surface area (Å²) in [6.07, 6.45) is 9.41. The summed E-state index contributed by atoms with van der Waals surface area (Å²) < 4.78 is 0. The van der Waals surface area contributed by atoms with Gasteiger partial charge in [0, 0.05) is 13.5 Å². The van der Waals surface area contributed by atoms with Crippen molar-refractivity contribution in [2.75, 3.05) is 6.61 Å². The number of aliphatic carboxylic acids is 1. The number of carbonyl (C=O) groups is 1. The molecule has 0 unspecified atom stereocenters. The molecular formula is C11H22O3. The minimum absolute atomic E-state index is 0.385. The highest BCUT2D eigenvalue weighted by molar-refractivity contribution is 5.62. The fraction of sp³-hybridized carbons (Fsp3) is 0.909. The van der Waals surface area contributed by atoms with Crippen LogP contribution in [0.25, 0.3) is 0 Å². The Morgan fingerprint density at radius 3 is 2.21 bits per heavy atom. The van der Waals surface area contributed by atoms with Gasteiger partial charge < -0.3 is 10.2 Å². The SMILES string of the molecule is CC(=O)O.OCCCC1CCCCC1. The molecule has 1 aliphatic rings. The number of rotatable bonds is 3. The Balaban J connectivity index is 0.000000364. The van der Waals surface area contributed by atoms with E-state index in [1.54, 1.807) is 0 Å². The van der Waals surface area contributed by atoms with Crippen LogP contribution in [0, 0.1) is 5.92 Å². The third-order valence-electron chi connectivity index (χ3n) is 2.50. The number of carboxylic acids is 1. The lowest BCUT2D eigenvalue weighted by Crippen LogP contribution is -2.06. The Morgan fingerprint density at radius 2 is 1.79 bits per heavy atom. The van der Waals surface area contributed by atoms with Crippen LogP contribution in [0.15, 0.2) is 0 Å². The van der Waals surface area contributed by atoms with Gasteiger partial charge in [-0.1, -0.05) is 32.1 Å². The zero-order valence-electron chi connectivity index (χ0n) is 9.04. The second kappa shape index (κ2) is 9.00. The molecule has 0 aromatic rings. The second-order valence-electron chi connectivity index (χ2n) is 3.89. The van der Waals surface area contributed by atoms with E-state index >= 15 is 0 Å². The molecular weight excluding hydrogens is 180 g/mol. The maximum Gasteiger partial charge on any atom is 0.300 e. The Labute approximate surface area is 86.1 Å². The van der Waals surface area contributed by atoms with Crippen molar-refractivity contribution in [2.45, 2.75) is 51.9 Å². The highest BCUT2D eigenvalue weighted by atomic mass is 16.4. The summed E-state index contributed by atoms with van der Waals surface area (Å²) in [7, 11) is 0. The van der Waals surface area contributed by atoms with Crippen LogP contribution in [-0.2, 0) is 4.79 Å². The minimum Gasteiger partial charge on any atom is -0.481 e. The smallest absolute Gasteiger partial charge is 0.300 e. The molecule has 1 rings (SSSR count). The Bertz CT molecular complexity index is 135. The average molecular weight is 202 g/mol. The van der Waals surface area contributed by atoms with Gasteiger partial charge in [-0.05, 0) is 18.8 Å². The van der Waals surface area contributed by atoms with E-state index in [0.717, 1.165) is 19.3 Å².